The molecule has 0 atom stereocenters. The number of hydrogen-bond acceptors (Lipinski definition) is 5. The molecule has 0 bridgehead atoms. The highest BCUT2D eigenvalue weighted by molar-refractivity contribution is 5.94. The van der Waals surface area contributed by atoms with Gasteiger partial charge in [-0.05, 0) is 47.5 Å². The summed E-state index contributed by atoms with van der Waals surface area (Å²) in [7, 11) is 0. The van der Waals surface area contributed by atoms with E-state index < -0.39 is 0 Å². The fourth-order valence-corrected chi connectivity index (χ4v) is 2.48. The molecule has 1 heterocycles. The summed E-state index contributed by atoms with van der Waals surface area (Å²) in [6.45, 7) is 0.655. The highest BCUT2D eigenvalue weighted by atomic mass is 16.3. The van der Waals surface area contributed by atoms with Crippen molar-refractivity contribution in [1.29, 1.82) is 0 Å². The number of aromatic nitrogens is 4. The summed E-state index contributed by atoms with van der Waals surface area (Å²) in [5, 5.41) is 23.2. The van der Waals surface area contributed by atoms with Crippen LogP contribution in [0.4, 0.5) is 0 Å². The SMILES string of the molecule is O=C(NCC1(CO)CCC1)c1ccc(-n2cnnn2)cc1. The van der Waals surface area contributed by atoms with Crippen molar-refractivity contribution in [1.82, 2.24) is 25.5 Å². The van der Waals surface area contributed by atoms with Gasteiger partial charge in [0.05, 0.1) is 12.3 Å². The van der Waals surface area contributed by atoms with Gasteiger partial charge < -0.3 is 10.4 Å². The summed E-state index contributed by atoms with van der Waals surface area (Å²) >= 11 is 0. The van der Waals surface area contributed by atoms with Gasteiger partial charge in [0.1, 0.15) is 6.33 Å². The lowest BCUT2D eigenvalue weighted by Crippen LogP contribution is -2.44. The van der Waals surface area contributed by atoms with E-state index >= 15 is 0 Å². The molecule has 110 valence electrons. The molecule has 2 N–H and O–H groups in total. The number of benzene rings is 1. The number of nitrogens with zero attached hydrogens (tertiary/aromatic N) is 4. The highest BCUT2D eigenvalue weighted by Crippen LogP contribution is 2.39. The Balaban J connectivity index is 1.62. The molecule has 7 nitrogen and oxygen atoms in total. The van der Waals surface area contributed by atoms with Gasteiger partial charge in [0.2, 0.25) is 0 Å². The molecule has 1 amide bonds. The van der Waals surface area contributed by atoms with E-state index in [1.807, 2.05) is 0 Å². The summed E-state index contributed by atoms with van der Waals surface area (Å²) in [4.78, 5) is 12.1. The molecule has 1 aliphatic rings. The third-order valence-electron chi connectivity index (χ3n) is 4.12. The zero-order valence-electron chi connectivity index (χ0n) is 11.6. The topological polar surface area (TPSA) is 92.9 Å². The Morgan fingerprint density at radius 2 is 2.10 bits per heavy atom. The number of amides is 1. The minimum absolute atomic E-state index is 0.109. The predicted octanol–water partition coefficient (Wildman–Crippen LogP) is 0.555. The number of nitrogens with one attached hydrogen (secondary N) is 1. The van der Waals surface area contributed by atoms with Crippen LogP contribution in [0.2, 0.25) is 0 Å². The van der Waals surface area contributed by atoms with Gasteiger partial charge in [0, 0.05) is 17.5 Å². The van der Waals surface area contributed by atoms with Crippen molar-refractivity contribution >= 4 is 5.91 Å². The van der Waals surface area contributed by atoms with Crippen LogP contribution in [0.15, 0.2) is 30.6 Å². The first kappa shape index (κ1) is 13.7. The zero-order chi connectivity index (χ0) is 14.7. The summed E-state index contributed by atoms with van der Waals surface area (Å²) < 4.78 is 1.52. The van der Waals surface area contributed by atoms with Crippen LogP contribution in [0, 0.1) is 5.41 Å². The normalized spacial score (nSPS) is 16.2. The molecule has 1 aromatic carbocycles. The van der Waals surface area contributed by atoms with Gasteiger partial charge in [0.15, 0.2) is 0 Å². The van der Waals surface area contributed by atoms with E-state index in [2.05, 4.69) is 20.8 Å². The molecule has 0 unspecified atom stereocenters. The van der Waals surface area contributed by atoms with Crippen LogP contribution >= 0.6 is 0 Å². The van der Waals surface area contributed by atoms with Crippen molar-refractivity contribution in [2.24, 2.45) is 5.41 Å². The van der Waals surface area contributed by atoms with Crippen LogP contribution in [0.3, 0.4) is 0 Å². The number of tetrazole rings is 1. The van der Waals surface area contributed by atoms with Gasteiger partial charge in [-0.15, -0.1) is 5.10 Å². The minimum atomic E-state index is -0.127. The molecule has 1 aromatic heterocycles. The van der Waals surface area contributed by atoms with Gasteiger partial charge in [-0.3, -0.25) is 4.79 Å². The second kappa shape index (κ2) is 5.61. The summed E-state index contributed by atoms with van der Waals surface area (Å²) in [6, 6.07) is 7.05. The van der Waals surface area contributed by atoms with E-state index in [0.717, 1.165) is 24.9 Å². The highest BCUT2D eigenvalue weighted by Gasteiger charge is 2.36. The summed E-state index contributed by atoms with van der Waals surface area (Å²) in [6.07, 6.45) is 4.57. The lowest BCUT2D eigenvalue weighted by molar-refractivity contribution is 0.0429. The van der Waals surface area contributed by atoms with Crippen molar-refractivity contribution in [3.8, 4) is 5.69 Å². The second-order valence-electron chi connectivity index (χ2n) is 5.50. The Labute approximate surface area is 122 Å². The average Bonchev–Trinajstić information content (AvgIpc) is 3.01. The number of aliphatic hydroxyl groups is 1. The summed E-state index contributed by atoms with van der Waals surface area (Å²) in [5.74, 6) is -0.127. The quantitative estimate of drug-likeness (QED) is 0.838. The number of carbonyl (C=O) groups excluding carboxylic acids is 1. The molecule has 21 heavy (non-hydrogen) atoms. The molecule has 1 saturated carbocycles. The Kier molecular flexibility index (Phi) is 3.66. The maximum Gasteiger partial charge on any atom is 0.251 e. The fourth-order valence-electron chi connectivity index (χ4n) is 2.48. The van der Waals surface area contributed by atoms with Crippen LogP contribution in [0.25, 0.3) is 5.69 Å². The van der Waals surface area contributed by atoms with Crippen LogP contribution in [0.5, 0.6) is 0 Å². The number of aliphatic hydroxyl groups excluding tert-OH is 1. The molecule has 3 rings (SSSR count). The van der Waals surface area contributed by atoms with E-state index in [-0.39, 0.29) is 17.9 Å². The molecule has 1 fully saturated rings. The molecule has 2 aromatic rings. The minimum Gasteiger partial charge on any atom is -0.396 e. The Bertz CT molecular complexity index is 599. The molecule has 0 spiro atoms. The number of carbonyl (C=O) groups is 1. The number of hydrogen-bond donors (Lipinski definition) is 2. The van der Waals surface area contributed by atoms with Gasteiger partial charge >= 0.3 is 0 Å². The first-order chi connectivity index (χ1) is 10.2. The van der Waals surface area contributed by atoms with Crippen molar-refractivity contribution in [2.75, 3.05) is 13.2 Å². The van der Waals surface area contributed by atoms with Gasteiger partial charge in [-0.25, -0.2) is 4.68 Å². The fraction of sp³-hybridized carbons (Fsp3) is 0.429. The summed E-state index contributed by atoms with van der Waals surface area (Å²) in [5.41, 5.74) is 1.27. The molecule has 0 saturated heterocycles. The molecule has 1 aliphatic carbocycles. The average molecular weight is 287 g/mol. The van der Waals surface area contributed by atoms with E-state index in [9.17, 15) is 9.90 Å². The largest absolute Gasteiger partial charge is 0.396 e. The van der Waals surface area contributed by atoms with E-state index in [1.165, 1.54) is 11.0 Å². The van der Waals surface area contributed by atoms with Crippen molar-refractivity contribution < 1.29 is 9.90 Å². The Morgan fingerprint density at radius 1 is 1.33 bits per heavy atom. The first-order valence-electron chi connectivity index (χ1n) is 6.95. The lowest BCUT2D eigenvalue weighted by Gasteiger charge is -2.40. The molecule has 0 radical (unpaired) electrons. The second-order valence-corrected chi connectivity index (χ2v) is 5.50. The number of rotatable bonds is 5. The smallest absolute Gasteiger partial charge is 0.251 e. The van der Waals surface area contributed by atoms with Crippen molar-refractivity contribution in [3.63, 3.8) is 0 Å². The lowest BCUT2D eigenvalue weighted by atomic mass is 9.69. The molecular formula is C14H17N5O2. The monoisotopic (exact) mass is 287 g/mol. The maximum atomic E-state index is 12.1. The Morgan fingerprint density at radius 3 is 2.62 bits per heavy atom. The molecule has 7 heteroatoms. The standard InChI is InChI=1S/C14H17N5O2/c20-9-14(6-1-7-14)8-15-13(21)11-2-4-12(5-3-11)19-10-16-17-18-19/h2-5,10,20H,1,6-9H2,(H,15,21). The van der Waals surface area contributed by atoms with E-state index in [1.54, 1.807) is 24.3 Å². The Hall–Kier alpha value is -2.28. The van der Waals surface area contributed by atoms with Gasteiger partial charge in [-0.2, -0.15) is 0 Å². The molecule has 0 aliphatic heterocycles. The van der Waals surface area contributed by atoms with Gasteiger partial charge in [0.25, 0.3) is 5.91 Å². The van der Waals surface area contributed by atoms with Crippen molar-refractivity contribution in [3.05, 3.63) is 36.2 Å². The first-order valence-corrected chi connectivity index (χ1v) is 6.95. The van der Waals surface area contributed by atoms with Crippen LogP contribution in [-0.2, 0) is 0 Å². The maximum absolute atomic E-state index is 12.1. The van der Waals surface area contributed by atoms with Crippen LogP contribution < -0.4 is 5.32 Å². The third kappa shape index (κ3) is 2.78. The predicted molar refractivity (Wildman–Crippen MR) is 74.9 cm³/mol. The van der Waals surface area contributed by atoms with E-state index in [0.29, 0.717) is 12.1 Å². The van der Waals surface area contributed by atoms with Crippen LogP contribution in [0.1, 0.15) is 29.6 Å². The molecular weight excluding hydrogens is 270 g/mol. The van der Waals surface area contributed by atoms with Crippen molar-refractivity contribution in [2.45, 2.75) is 19.3 Å². The van der Waals surface area contributed by atoms with E-state index in [4.69, 9.17) is 0 Å². The van der Waals surface area contributed by atoms with Crippen LogP contribution in [-0.4, -0.2) is 44.4 Å². The zero-order valence-corrected chi connectivity index (χ0v) is 11.6. The van der Waals surface area contributed by atoms with Gasteiger partial charge in [-0.1, -0.05) is 6.42 Å². The third-order valence-corrected chi connectivity index (χ3v) is 4.12.